The molecule has 2 N–H and O–H groups in total. The van der Waals surface area contributed by atoms with Crippen LogP contribution in [-0.4, -0.2) is 42.1 Å². The van der Waals surface area contributed by atoms with Crippen molar-refractivity contribution in [2.75, 3.05) is 25.0 Å². The van der Waals surface area contributed by atoms with Gasteiger partial charge in [-0.05, 0) is 31.4 Å². The van der Waals surface area contributed by atoms with Crippen LogP contribution in [0.5, 0.6) is 0 Å². The number of pyridine rings is 1. The Labute approximate surface area is 172 Å². The molecule has 3 rings (SSSR count). The van der Waals surface area contributed by atoms with E-state index >= 15 is 0 Å². The molecule has 6 nitrogen and oxygen atoms in total. The molecule has 1 saturated heterocycles. The monoisotopic (exact) mass is 400 g/mol. The van der Waals surface area contributed by atoms with Crippen LogP contribution in [0.3, 0.4) is 0 Å². The van der Waals surface area contributed by atoms with Gasteiger partial charge in [0.25, 0.3) is 0 Å². The van der Waals surface area contributed by atoms with Crippen LogP contribution < -0.4 is 15.5 Å². The van der Waals surface area contributed by atoms with Crippen molar-refractivity contribution in [1.82, 2.24) is 20.6 Å². The molecule has 0 unspecified atom stereocenters. The first-order chi connectivity index (χ1) is 13.3. The number of nitrogens with zero attached hydrogens (tertiary/aromatic N) is 4. The minimum atomic E-state index is 0.0922. The zero-order valence-electron chi connectivity index (χ0n) is 17.6. The van der Waals surface area contributed by atoms with E-state index in [9.17, 15) is 0 Å². The van der Waals surface area contributed by atoms with Crippen LogP contribution in [0.15, 0.2) is 28.7 Å². The first kappa shape index (κ1) is 20.6. The number of nitrogens with one attached hydrogen (secondary N) is 2. The molecule has 0 radical (unpaired) electrons. The molecular weight excluding hydrogens is 368 g/mol. The summed E-state index contributed by atoms with van der Waals surface area (Å²) in [6, 6.07) is 4.67. The maximum absolute atomic E-state index is 4.74. The highest BCUT2D eigenvalue weighted by Gasteiger charge is 2.21. The lowest BCUT2D eigenvalue weighted by Crippen LogP contribution is -2.48. The summed E-state index contributed by atoms with van der Waals surface area (Å²) < 4.78 is 0. The number of rotatable bonds is 4. The summed E-state index contributed by atoms with van der Waals surface area (Å²) in [5, 5.41) is 10.2. The van der Waals surface area contributed by atoms with E-state index in [0.29, 0.717) is 12.6 Å². The van der Waals surface area contributed by atoms with Gasteiger partial charge in [-0.2, -0.15) is 0 Å². The van der Waals surface area contributed by atoms with Gasteiger partial charge in [-0.3, -0.25) is 4.99 Å². The van der Waals surface area contributed by atoms with Gasteiger partial charge in [-0.25, -0.2) is 9.97 Å². The fourth-order valence-corrected chi connectivity index (χ4v) is 4.14. The zero-order chi connectivity index (χ0) is 20.1. The van der Waals surface area contributed by atoms with Gasteiger partial charge < -0.3 is 15.5 Å². The maximum Gasteiger partial charge on any atom is 0.191 e. The molecule has 0 aromatic carbocycles. The number of aliphatic imine (C=N–C) groups is 1. The average molecular weight is 401 g/mol. The molecule has 1 fully saturated rings. The number of thiazole rings is 1. The second-order valence-electron chi connectivity index (χ2n) is 8.40. The third kappa shape index (κ3) is 5.44. The molecule has 0 saturated carbocycles. The van der Waals surface area contributed by atoms with E-state index in [1.807, 2.05) is 13.2 Å². The van der Waals surface area contributed by atoms with Crippen LogP contribution >= 0.6 is 11.3 Å². The highest BCUT2D eigenvalue weighted by Crippen LogP contribution is 2.23. The number of hydrogen-bond acceptors (Lipinski definition) is 5. The topological polar surface area (TPSA) is 65.4 Å². The number of hydrogen-bond donors (Lipinski definition) is 2. The van der Waals surface area contributed by atoms with E-state index in [1.165, 1.54) is 5.56 Å². The number of guanidine groups is 1. The molecule has 2 aromatic heterocycles. The van der Waals surface area contributed by atoms with Crippen molar-refractivity contribution in [3.05, 3.63) is 40.0 Å². The molecule has 2 aromatic rings. The summed E-state index contributed by atoms with van der Waals surface area (Å²) in [6.07, 6.45) is 4.08. The minimum Gasteiger partial charge on any atom is -0.356 e. The smallest absolute Gasteiger partial charge is 0.191 e. The van der Waals surface area contributed by atoms with Gasteiger partial charge in [0, 0.05) is 43.2 Å². The van der Waals surface area contributed by atoms with Crippen LogP contribution in [0, 0.1) is 6.92 Å². The summed E-state index contributed by atoms with van der Waals surface area (Å²) in [5.41, 5.74) is 2.44. The van der Waals surface area contributed by atoms with Crippen LogP contribution in [-0.2, 0) is 12.0 Å². The SMILES string of the molecule is CN=C(NCc1nc(C(C)(C)C)cs1)NC1CCN(c2ccc(C)cn2)CC1. The Morgan fingerprint density at radius 2 is 2.04 bits per heavy atom. The van der Waals surface area contributed by atoms with E-state index in [-0.39, 0.29) is 5.41 Å². The molecule has 28 heavy (non-hydrogen) atoms. The molecule has 0 bridgehead atoms. The second-order valence-corrected chi connectivity index (χ2v) is 9.34. The van der Waals surface area contributed by atoms with Crippen LogP contribution in [0.2, 0.25) is 0 Å². The largest absolute Gasteiger partial charge is 0.356 e. The highest BCUT2D eigenvalue weighted by atomic mass is 32.1. The number of aromatic nitrogens is 2. The molecule has 0 atom stereocenters. The van der Waals surface area contributed by atoms with E-state index < -0.39 is 0 Å². The highest BCUT2D eigenvalue weighted by molar-refractivity contribution is 7.09. The summed E-state index contributed by atoms with van der Waals surface area (Å²) in [6.45, 7) is 11.4. The lowest BCUT2D eigenvalue weighted by atomic mass is 9.93. The van der Waals surface area contributed by atoms with Gasteiger partial charge in [-0.1, -0.05) is 26.8 Å². The van der Waals surface area contributed by atoms with Crippen molar-refractivity contribution in [1.29, 1.82) is 0 Å². The molecule has 3 heterocycles. The van der Waals surface area contributed by atoms with Crippen LogP contribution in [0.1, 0.15) is 49.9 Å². The van der Waals surface area contributed by atoms with Gasteiger partial charge in [0.2, 0.25) is 0 Å². The summed E-state index contributed by atoms with van der Waals surface area (Å²) >= 11 is 1.70. The number of anilines is 1. The molecule has 1 aliphatic heterocycles. The lowest BCUT2D eigenvalue weighted by molar-refractivity contribution is 0.459. The van der Waals surface area contributed by atoms with E-state index in [0.717, 1.165) is 48.4 Å². The fraction of sp³-hybridized carbons (Fsp3) is 0.571. The Bertz CT molecular complexity index is 782. The van der Waals surface area contributed by atoms with Crippen molar-refractivity contribution in [3.63, 3.8) is 0 Å². The Hall–Kier alpha value is -2.15. The summed E-state index contributed by atoms with van der Waals surface area (Å²) in [4.78, 5) is 16.0. The second kappa shape index (κ2) is 8.90. The van der Waals surface area contributed by atoms with Crippen molar-refractivity contribution in [2.24, 2.45) is 4.99 Å². The van der Waals surface area contributed by atoms with Crippen molar-refractivity contribution >= 4 is 23.1 Å². The zero-order valence-corrected chi connectivity index (χ0v) is 18.4. The van der Waals surface area contributed by atoms with Crippen molar-refractivity contribution < 1.29 is 0 Å². The lowest BCUT2D eigenvalue weighted by Gasteiger charge is -2.33. The Morgan fingerprint density at radius 1 is 1.29 bits per heavy atom. The van der Waals surface area contributed by atoms with Crippen molar-refractivity contribution in [2.45, 2.75) is 58.5 Å². The summed E-state index contributed by atoms with van der Waals surface area (Å²) in [7, 11) is 1.82. The Morgan fingerprint density at radius 3 is 2.61 bits per heavy atom. The van der Waals surface area contributed by atoms with Gasteiger partial charge >= 0.3 is 0 Å². The van der Waals surface area contributed by atoms with Crippen LogP contribution in [0.25, 0.3) is 0 Å². The molecular formula is C21H32N6S. The molecule has 152 valence electrons. The molecule has 7 heteroatoms. The predicted molar refractivity (Wildman–Crippen MR) is 118 cm³/mol. The minimum absolute atomic E-state index is 0.0922. The first-order valence-electron chi connectivity index (χ1n) is 9.95. The van der Waals surface area contributed by atoms with Gasteiger partial charge in [0.15, 0.2) is 5.96 Å². The maximum atomic E-state index is 4.74. The summed E-state index contributed by atoms with van der Waals surface area (Å²) in [5.74, 6) is 1.92. The van der Waals surface area contributed by atoms with E-state index in [2.05, 4.69) is 70.7 Å². The number of piperidine rings is 1. The molecule has 1 aliphatic rings. The standard InChI is InChI=1S/C21H32N6S/c1-15-6-7-18(23-12-15)27-10-8-16(9-11-27)25-20(22-5)24-13-19-26-17(14-28-19)21(2,3)4/h6-7,12,14,16H,8-11,13H2,1-5H3,(H2,22,24,25). The quantitative estimate of drug-likeness (QED) is 0.608. The average Bonchev–Trinajstić information content (AvgIpc) is 3.16. The Kier molecular flexibility index (Phi) is 6.54. The van der Waals surface area contributed by atoms with Gasteiger partial charge in [0.1, 0.15) is 10.8 Å². The van der Waals surface area contributed by atoms with E-state index in [1.54, 1.807) is 11.3 Å². The fourth-order valence-electron chi connectivity index (χ4n) is 3.18. The molecule has 0 aliphatic carbocycles. The van der Waals surface area contributed by atoms with Crippen LogP contribution in [0.4, 0.5) is 5.82 Å². The first-order valence-corrected chi connectivity index (χ1v) is 10.8. The number of aryl methyl sites for hydroxylation is 1. The van der Waals surface area contributed by atoms with E-state index in [4.69, 9.17) is 4.98 Å². The van der Waals surface area contributed by atoms with Gasteiger partial charge in [0.05, 0.1) is 12.2 Å². The van der Waals surface area contributed by atoms with Gasteiger partial charge in [-0.15, -0.1) is 11.3 Å². The molecule has 0 spiro atoms. The third-order valence-corrected chi connectivity index (χ3v) is 5.86. The Balaban J connectivity index is 1.46. The normalized spacial score (nSPS) is 16.3. The third-order valence-electron chi connectivity index (χ3n) is 5.01. The molecule has 0 amide bonds. The predicted octanol–water partition coefficient (Wildman–Crippen LogP) is 3.48. The van der Waals surface area contributed by atoms with Crippen molar-refractivity contribution in [3.8, 4) is 0 Å².